The van der Waals surface area contributed by atoms with Gasteiger partial charge in [0, 0.05) is 16.2 Å². The molecule has 7 rings (SSSR count). The van der Waals surface area contributed by atoms with Crippen molar-refractivity contribution in [3.8, 4) is 5.69 Å². The van der Waals surface area contributed by atoms with Crippen LogP contribution in [0.4, 0.5) is 0 Å². The molecule has 0 spiro atoms. The number of benzene rings is 2. The highest BCUT2D eigenvalue weighted by Gasteiger charge is 2.54. The van der Waals surface area contributed by atoms with Crippen LogP contribution in [0, 0.1) is 30.1 Å². The first-order valence-corrected chi connectivity index (χ1v) is 14.5. The summed E-state index contributed by atoms with van der Waals surface area (Å²) in [6.45, 7) is 2.43. The molecule has 0 saturated heterocycles. The van der Waals surface area contributed by atoms with Gasteiger partial charge in [0.2, 0.25) is 5.91 Å². The molecule has 188 valence electrons. The molecule has 4 saturated carbocycles. The average molecular weight is 542 g/mol. The third-order valence-corrected chi connectivity index (χ3v) is 9.91. The van der Waals surface area contributed by atoms with E-state index in [0.29, 0.717) is 22.4 Å². The van der Waals surface area contributed by atoms with E-state index in [0.717, 1.165) is 53.6 Å². The summed E-state index contributed by atoms with van der Waals surface area (Å²) in [5, 5.41) is 14.1. The quantitative estimate of drug-likeness (QED) is 0.327. The Morgan fingerprint density at radius 2 is 1.75 bits per heavy atom. The number of nitrogens with one attached hydrogen (secondary N) is 1. The fourth-order valence-corrected chi connectivity index (χ4v) is 8.60. The topological polar surface area (TPSA) is 59.8 Å². The molecule has 4 bridgehead atoms. The SMILES string of the molecule is Cc1ccccc1CSc1nnc(CNC(=O)C23CC4CC(CC(C4)C2)C3)n1-c1ccc(Cl)cc1Cl. The highest BCUT2D eigenvalue weighted by Crippen LogP contribution is 2.60. The first-order valence-electron chi connectivity index (χ1n) is 12.8. The van der Waals surface area contributed by atoms with E-state index in [-0.39, 0.29) is 11.3 Å². The zero-order chi connectivity index (χ0) is 24.9. The van der Waals surface area contributed by atoms with Crippen molar-refractivity contribution in [2.45, 2.75) is 62.9 Å². The summed E-state index contributed by atoms with van der Waals surface area (Å²) in [7, 11) is 0. The molecule has 5 nitrogen and oxygen atoms in total. The molecule has 4 aliphatic rings. The van der Waals surface area contributed by atoms with Gasteiger partial charge in [-0.15, -0.1) is 10.2 Å². The number of nitrogens with zero attached hydrogens (tertiary/aromatic N) is 3. The van der Waals surface area contributed by atoms with Gasteiger partial charge in [-0.05, 0) is 92.5 Å². The molecule has 1 N–H and O–H groups in total. The van der Waals surface area contributed by atoms with Crippen LogP contribution in [0.3, 0.4) is 0 Å². The molecule has 4 aliphatic carbocycles. The second-order valence-electron chi connectivity index (χ2n) is 10.9. The molecule has 1 heterocycles. The minimum atomic E-state index is -0.195. The maximum Gasteiger partial charge on any atom is 0.226 e. The predicted octanol–water partition coefficient (Wildman–Crippen LogP) is 7.01. The van der Waals surface area contributed by atoms with Gasteiger partial charge in [-0.1, -0.05) is 59.2 Å². The minimum Gasteiger partial charge on any atom is -0.348 e. The third kappa shape index (κ3) is 4.57. The van der Waals surface area contributed by atoms with Crippen molar-refractivity contribution < 1.29 is 4.79 Å². The Labute approximate surface area is 226 Å². The van der Waals surface area contributed by atoms with Crippen molar-refractivity contribution in [3.05, 3.63) is 69.5 Å². The fraction of sp³-hybridized carbons (Fsp3) is 0.464. The Kier molecular flexibility index (Phi) is 6.55. The van der Waals surface area contributed by atoms with Crippen LogP contribution >= 0.6 is 35.0 Å². The number of aryl methyl sites for hydroxylation is 1. The number of halogens is 2. The van der Waals surface area contributed by atoms with Crippen LogP contribution < -0.4 is 5.32 Å². The van der Waals surface area contributed by atoms with Gasteiger partial charge < -0.3 is 5.32 Å². The molecule has 2 aromatic carbocycles. The Bertz CT molecular complexity index is 1270. The van der Waals surface area contributed by atoms with E-state index in [2.05, 4.69) is 40.6 Å². The summed E-state index contributed by atoms with van der Waals surface area (Å²) < 4.78 is 1.96. The predicted molar refractivity (Wildman–Crippen MR) is 145 cm³/mol. The van der Waals surface area contributed by atoms with Gasteiger partial charge in [0.25, 0.3) is 0 Å². The molecule has 3 aromatic rings. The summed E-state index contributed by atoms with van der Waals surface area (Å²) in [5.41, 5.74) is 3.05. The zero-order valence-corrected chi connectivity index (χ0v) is 22.7. The van der Waals surface area contributed by atoms with Crippen LogP contribution in [-0.2, 0) is 17.1 Å². The van der Waals surface area contributed by atoms with Crippen molar-refractivity contribution in [2.24, 2.45) is 23.2 Å². The number of amides is 1. The number of thioether (sulfide) groups is 1. The van der Waals surface area contributed by atoms with Crippen molar-refractivity contribution >= 4 is 40.9 Å². The summed E-state index contributed by atoms with van der Waals surface area (Å²) in [6.07, 6.45) is 7.07. The van der Waals surface area contributed by atoms with E-state index in [1.807, 2.05) is 22.8 Å². The van der Waals surface area contributed by atoms with E-state index in [1.165, 1.54) is 30.4 Å². The smallest absolute Gasteiger partial charge is 0.226 e. The lowest BCUT2D eigenvalue weighted by atomic mass is 9.49. The Morgan fingerprint density at radius 1 is 1.06 bits per heavy atom. The van der Waals surface area contributed by atoms with Crippen LogP contribution in [0.15, 0.2) is 47.6 Å². The van der Waals surface area contributed by atoms with E-state index < -0.39 is 0 Å². The molecular weight excluding hydrogens is 511 g/mol. The number of rotatable bonds is 7. The van der Waals surface area contributed by atoms with Crippen LogP contribution in [0.1, 0.15) is 55.5 Å². The summed E-state index contributed by atoms with van der Waals surface area (Å²) >= 11 is 14.4. The number of hydrogen-bond acceptors (Lipinski definition) is 4. The number of carbonyl (C=O) groups is 1. The van der Waals surface area contributed by atoms with Gasteiger partial charge in [-0.3, -0.25) is 9.36 Å². The normalized spacial score (nSPS) is 26.4. The number of aromatic nitrogens is 3. The maximum absolute atomic E-state index is 13.6. The second-order valence-corrected chi connectivity index (χ2v) is 12.7. The average Bonchev–Trinajstić information content (AvgIpc) is 3.23. The van der Waals surface area contributed by atoms with Crippen LogP contribution in [0.25, 0.3) is 5.69 Å². The lowest BCUT2D eigenvalue weighted by molar-refractivity contribution is -0.146. The lowest BCUT2D eigenvalue weighted by Crippen LogP contribution is -2.53. The van der Waals surface area contributed by atoms with Gasteiger partial charge in [-0.2, -0.15) is 0 Å². The second kappa shape index (κ2) is 9.70. The zero-order valence-electron chi connectivity index (χ0n) is 20.3. The molecule has 1 amide bonds. The van der Waals surface area contributed by atoms with Gasteiger partial charge in [0.1, 0.15) is 0 Å². The Morgan fingerprint density at radius 3 is 2.42 bits per heavy atom. The summed E-state index contributed by atoms with van der Waals surface area (Å²) in [5.74, 6) is 3.79. The fourth-order valence-electron chi connectivity index (χ4n) is 7.06. The largest absolute Gasteiger partial charge is 0.348 e. The van der Waals surface area contributed by atoms with E-state index in [9.17, 15) is 4.79 Å². The van der Waals surface area contributed by atoms with Crippen molar-refractivity contribution in [2.75, 3.05) is 0 Å². The molecule has 8 heteroatoms. The Balaban J connectivity index is 1.25. The van der Waals surface area contributed by atoms with Gasteiger partial charge >= 0.3 is 0 Å². The monoisotopic (exact) mass is 540 g/mol. The van der Waals surface area contributed by atoms with Gasteiger partial charge in [0.15, 0.2) is 11.0 Å². The molecule has 0 radical (unpaired) electrons. The van der Waals surface area contributed by atoms with Crippen LogP contribution in [0.2, 0.25) is 10.0 Å². The molecule has 36 heavy (non-hydrogen) atoms. The van der Waals surface area contributed by atoms with Crippen molar-refractivity contribution in [3.63, 3.8) is 0 Å². The van der Waals surface area contributed by atoms with E-state index in [4.69, 9.17) is 23.2 Å². The standard InChI is InChI=1S/C28H30Cl2N4OS/c1-17-4-2-3-5-21(17)16-36-27-33-32-25(34(27)24-7-6-22(29)11-23(24)30)15-31-26(35)28-12-18-8-19(13-28)10-20(9-18)14-28/h2-7,11,18-20H,8-10,12-16H2,1H3,(H,31,35). The van der Waals surface area contributed by atoms with Crippen molar-refractivity contribution in [1.29, 1.82) is 0 Å². The molecule has 0 atom stereocenters. The lowest BCUT2D eigenvalue weighted by Gasteiger charge is -2.55. The molecular formula is C28H30Cl2N4OS. The van der Waals surface area contributed by atoms with E-state index in [1.54, 1.807) is 17.8 Å². The molecule has 4 fully saturated rings. The number of carbonyl (C=O) groups excluding carboxylic acids is 1. The molecule has 0 unspecified atom stereocenters. The van der Waals surface area contributed by atoms with Gasteiger partial charge in [-0.25, -0.2) is 0 Å². The van der Waals surface area contributed by atoms with Crippen molar-refractivity contribution in [1.82, 2.24) is 20.1 Å². The summed E-state index contributed by atoms with van der Waals surface area (Å²) in [6, 6.07) is 13.8. The van der Waals surface area contributed by atoms with Crippen LogP contribution in [0.5, 0.6) is 0 Å². The minimum absolute atomic E-state index is 0.187. The first-order chi connectivity index (χ1) is 17.4. The molecule has 1 aromatic heterocycles. The van der Waals surface area contributed by atoms with Crippen LogP contribution in [-0.4, -0.2) is 20.7 Å². The first kappa shape index (κ1) is 24.3. The highest BCUT2D eigenvalue weighted by atomic mass is 35.5. The number of hydrogen-bond donors (Lipinski definition) is 1. The summed E-state index contributed by atoms with van der Waals surface area (Å²) in [4.78, 5) is 13.6. The highest BCUT2D eigenvalue weighted by molar-refractivity contribution is 7.98. The van der Waals surface area contributed by atoms with E-state index >= 15 is 0 Å². The van der Waals surface area contributed by atoms with Gasteiger partial charge in [0.05, 0.1) is 17.3 Å². The Hall–Kier alpha value is -2.02. The molecule has 0 aliphatic heterocycles. The third-order valence-electron chi connectivity index (χ3n) is 8.40. The maximum atomic E-state index is 13.6.